The number of para-hydroxylation sites is 2. The van der Waals surface area contributed by atoms with E-state index in [4.69, 9.17) is 0 Å². The van der Waals surface area contributed by atoms with Crippen LogP contribution in [0.1, 0.15) is 15.2 Å². The van der Waals surface area contributed by atoms with Crippen molar-refractivity contribution in [1.29, 1.82) is 0 Å². The van der Waals surface area contributed by atoms with Crippen LogP contribution < -0.4 is 10.2 Å². The van der Waals surface area contributed by atoms with E-state index in [1.165, 1.54) is 16.9 Å². The highest BCUT2D eigenvalue weighted by Crippen LogP contribution is 2.32. The smallest absolute Gasteiger partial charge is 0.261 e. The van der Waals surface area contributed by atoms with Crippen molar-refractivity contribution >= 4 is 51.5 Å². The van der Waals surface area contributed by atoms with Crippen molar-refractivity contribution in [3.05, 3.63) is 82.7 Å². The molecule has 5 nitrogen and oxygen atoms in total. The molecule has 162 valence electrons. The van der Waals surface area contributed by atoms with Crippen LogP contribution in [0.3, 0.4) is 0 Å². The minimum Gasteiger partial charge on any atom is -0.350 e. The van der Waals surface area contributed by atoms with Crippen LogP contribution in [0.2, 0.25) is 0 Å². The Morgan fingerprint density at radius 3 is 2.75 bits per heavy atom. The van der Waals surface area contributed by atoms with Gasteiger partial charge in [-0.15, -0.1) is 23.1 Å². The number of thioether (sulfide) groups is 1. The molecular weight excluding hydrogens is 438 g/mol. The van der Waals surface area contributed by atoms with Gasteiger partial charge in [-0.2, -0.15) is 0 Å². The van der Waals surface area contributed by atoms with Gasteiger partial charge in [-0.1, -0.05) is 42.5 Å². The zero-order valence-electron chi connectivity index (χ0n) is 17.5. The van der Waals surface area contributed by atoms with E-state index < -0.39 is 0 Å². The van der Waals surface area contributed by atoms with E-state index in [0.29, 0.717) is 18.8 Å². The van der Waals surface area contributed by atoms with Gasteiger partial charge in [0, 0.05) is 47.3 Å². The predicted molar refractivity (Wildman–Crippen MR) is 132 cm³/mol. The van der Waals surface area contributed by atoms with Crippen LogP contribution in [0.25, 0.3) is 10.9 Å². The molecule has 0 spiro atoms. The molecule has 7 heteroatoms. The van der Waals surface area contributed by atoms with Crippen molar-refractivity contribution in [3.8, 4) is 0 Å². The fraction of sp³-hybridized carbons (Fsp3) is 0.200. The lowest BCUT2D eigenvalue weighted by molar-refractivity contribution is -0.116. The number of aromatic nitrogens is 1. The number of amides is 2. The quantitative estimate of drug-likeness (QED) is 0.402. The van der Waals surface area contributed by atoms with Crippen LogP contribution in [0.4, 0.5) is 5.69 Å². The fourth-order valence-corrected chi connectivity index (χ4v) is 5.72. The first-order valence-corrected chi connectivity index (χ1v) is 12.5. The molecule has 3 heterocycles. The summed E-state index contributed by atoms with van der Waals surface area (Å²) >= 11 is 3.02. The molecular formula is C25H23N3O2S2. The van der Waals surface area contributed by atoms with E-state index in [-0.39, 0.29) is 11.8 Å². The summed E-state index contributed by atoms with van der Waals surface area (Å²) in [5.41, 5.74) is 3.40. The van der Waals surface area contributed by atoms with Crippen LogP contribution in [0.15, 0.2) is 77.1 Å². The Labute approximate surface area is 195 Å². The largest absolute Gasteiger partial charge is 0.350 e. The lowest BCUT2D eigenvalue weighted by Crippen LogP contribution is -2.30. The molecule has 2 amide bonds. The summed E-state index contributed by atoms with van der Waals surface area (Å²) in [6, 6.07) is 20.1. The molecule has 0 saturated heterocycles. The van der Waals surface area contributed by atoms with Crippen LogP contribution in [0.5, 0.6) is 0 Å². The van der Waals surface area contributed by atoms with E-state index in [1.807, 2.05) is 52.7 Å². The molecule has 0 unspecified atom stereocenters. The van der Waals surface area contributed by atoms with Crippen molar-refractivity contribution in [3.63, 3.8) is 0 Å². The minimum absolute atomic E-state index is 0.0393. The highest BCUT2D eigenvalue weighted by Gasteiger charge is 2.24. The second-order valence-corrected chi connectivity index (χ2v) is 9.61. The van der Waals surface area contributed by atoms with E-state index in [2.05, 4.69) is 34.3 Å². The van der Waals surface area contributed by atoms with Crippen molar-refractivity contribution in [1.82, 2.24) is 9.88 Å². The molecule has 0 saturated carbocycles. The predicted octanol–water partition coefficient (Wildman–Crippen LogP) is 4.81. The maximum atomic E-state index is 12.9. The topological polar surface area (TPSA) is 54.3 Å². The number of nitrogens with one attached hydrogen (secondary N) is 1. The van der Waals surface area contributed by atoms with Crippen LogP contribution in [-0.2, 0) is 17.8 Å². The number of carbonyl (C=O) groups is 2. The average molecular weight is 462 g/mol. The number of hydrogen-bond donors (Lipinski definition) is 1. The van der Waals surface area contributed by atoms with Gasteiger partial charge in [0.1, 0.15) is 0 Å². The van der Waals surface area contributed by atoms with Gasteiger partial charge >= 0.3 is 0 Å². The second-order valence-electron chi connectivity index (χ2n) is 7.65. The summed E-state index contributed by atoms with van der Waals surface area (Å²) in [6.07, 6.45) is 3.01. The van der Waals surface area contributed by atoms with E-state index in [0.717, 1.165) is 39.3 Å². The Hall–Kier alpha value is -3.03. The first kappa shape index (κ1) is 20.8. The Kier molecular flexibility index (Phi) is 6.01. The normalized spacial score (nSPS) is 12.8. The van der Waals surface area contributed by atoms with Gasteiger partial charge in [0.25, 0.3) is 5.91 Å². The Morgan fingerprint density at radius 1 is 1.03 bits per heavy atom. The summed E-state index contributed by atoms with van der Waals surface area (Å²) in [5, 5.41) is 6.03. The van der Waals surface area contributed by atoms with Crippen LogP contribution in [0, 0.1) is 0 Å². The van der Waals surface area contributed by atoms with Gasteiger partial charge in [0.2, 0.25) is 5.91 Å². The number of carbonyl (C=O) groups excluding carboxylic acids is 2. The molecule has 5 rings (SSSR count). The number of nitrogens with zero attached hydrogens (tertiary/aromatic N) is 2. The van der Waals surface area contributed by atoms with Crippen molar-refractivity contribution in [2.75, 3.05) is 23.7 Å². The van der Waals surface area contributed by atoms with Gasteiger partial charge in [-0.05, 0) is 35.6 Å². The zero-order valence-corrected chi connectivity index (χ0v) is 19.1. The Morgan fingerprint density at radius 2 is 1.88 bits per heavy atom. The lowest BCUT2D eigenvalue weighted by Gasteiger charge is -2.16. The molecule has 0 radical (unpaired) electrons. The van der Waals surface area contributed by atoms with Gasteiger partial charge < -0.3 is 14.8 Å². The number of benzene rings is 2. The third-order valence-corrected chi connectivity index (χ3v) is 7.57. The third kappa shape index (κ3) is 4.18. The monoisotopic (exact) mass is 461 g/mol. The average Bonchev–Trinajstić information content (AvgIpc) is 3.56. The molecule has 0 atom stereocenters. The maximum Gasteiger partial charge on any atom is 0.261 e. The molecule has 4 aromatic rings. The Bertz CT molecular complexity index is 1260. The van der Waals surface area contributed by atoms with Gasteiger partial charge in [0.15, 0.2) is 0 Å². The molecule has 1 aliphatic rings. The molecule has 0 aliphatic carbocycles. The summed E-state index contributed by atoms with van der Waals surface area (Å²) in [6.45, 7) is 1.97. The molecule has 1 aliphatic heterocycles. The number of fused-ring (bicyclic) bond motifs is 2. The number of thiophene rings is 1. The van der Waals surface area contributed by atoms with E-state index in [1.54, 1.807) is 11.8 Å². The van der Waals surface area contributed by atoms with Gasteiger partial charge in [-0.3, -0.25) is 9.59 Å². The van der Waals surface area contributed by atoms with E-state index in [9.17, 15) is 9.59 Å². The fourth-order valence-electron chi connectivity index (χ4n) is 4.11. The van der Waals surface area contributed by atoms with Crippen LogP contribution in [-0.4, -0.2) is 35.2 Å². The number of anilines is 1. The molecule has 2 aromatic carbocycles. The lowest BCUT2D eigenvalue weighted by atomic mass is 10.2. The molecule has 0 fully saturated rings. The first-order valence-electron chi connectivity index (χ1n) is 10.6. The van der Waals surface area contributed by atoms with Crippen molar-refractivity contribution < 1.29 is 9.59 Å². The van der Waals surface area contributed by atoms with Crippen molar-refractivity contribution in [2.24, 2.45) is 0 Å². The second kappa shape index (κ2) is 9.22. The SMILES string of the molecule is O=C(NCCn1cc(SCC(=O)N2CCc3ccccc32)c2ccccc21)c1cccs1. The first-order chi connectivity index (χ1) is 15.7. The van der Waals surface area contributed by atoms with Gasteiger partial charge in [0.05, 0.1) is 10.6 Å². The standard InChI is InChI=1S/C25H23N3O2S2/c29-24(28-13-11-18-6-1-3-8-20(18)28)17-32-23-16-27(21-9-4-2-7-19(21)23)14-12-26-25(30)22-10-5-15-31-22/h1-10,15-16H,11-14,17H2,(H,26,30). The van der Waals surface area contributed by atoms with Crippen LogP contribution >= 0.6 is 23.1 Å². The summed E-state index contributed by atoms with van der Waals surface area (Å²) in [4.78, 5) is 28.9. The van der Waals surface area contributed by atoms with Gasteiger partial charge in [-0.25, -0.2) is 0 Å². The zero-order chi connectivity index (χ0) is 21.9. The highest BCUT2D eigenvalue weighted by atomic mass is 32.2. The van der Waals surface area contributed by atoms with Crippen molar-refractivity contribution in [2.45, 2.75) is 17.9 Å². The number of rotatable bonds is 7. The summed E-state index contributed by atoms with van der Waals surface area (Å²) in [7, 11) is 0. The highest BCUT2D eigenvalue weighted by molar-refractivity contribution is 8.00. The third-order valence-electron chi connectivity index (χ3n) is 5.67. The maximum absolute atomic E-state index is 12.9. The van der Waals surface area contributed by atoms with E-state index >= 15 is 0 Å². The molecule has 32 heavy (non-hydrogen) atoms. The minimum atomic E-state index is -0.0393. The molecule has 0 bridgehead atoms. The number of hydrogen-bond acceptors (Lipinski definition) is 4. The molecule has 1 N–H and O–H groups in total. The molecule has 2 aromatic heterocycles. The Balaban J connectivity index is 1.25. The summed E-state index contributed by atoms with van der Waals surface area (Å²) < 4.78 is 2.15. The summed E-state index contributed by atoms with van der Waals surface area (Å²) in [5.74, 6) is 0.500.